The van der Waals surface area contributed by atoms with Crippen molar-refractivity contribution in [3.8, 4) is 0 Å². The normalized spacial score (nSPS) is 38.4. The number of imidazole rings is 2. The third-order valence-electron chi connectivity index (χ3n) is 7.95. The molecule has 10 atom stereocenters. The standard InChI is InChI=1S/C22H25N10O9P2S/c1-43(44)37-2-9-12(33)13(20(38-9)31-7-29-10-16(23)25-5-27-18(10)31)40-42(34)36-4-22-3-35-14(15(22)41-43)21(39-22)32-8-30-11-17(24)26-6-28-19(11)32/h5-9,12-15,20-21,33,44H,1-4H2,(H2,23,25,27)(H2,24,26,28)/q+1/t9-,12-,13-,14-,15+,20-,21-,22-,43?/m1/s1. The third-order valence-corrected chi connectivity index (χ3v) is 10.4. The predicted octanol–water partition coefficient (Wildman–Crippen LogP) is 0.354. The van der Waals surface area contributed by atoms with E-state index in [1.54, 1.807) is 4.57 Å². The number of ether oxygens (including phenoxy) is 3. The molecule has 44 heavy (non-hydrogen) atoms. The molecule has 4 bridgehead atoms. The van der Waals surface area contributed by atoms with Crippen molar-refractivity contribution in [1.29, 1.82) is 0 Å². The molecule has 8 heterocycles. The highest BCUT2D eigenvalue weighted by Crippen LogP contribution is 2.60. The summed E-state index contributed by atoms with van der Waals surface area (Å²) >= 11 is 4.63. The van der Waals surface area contributed by atoms with Crippen LogP contribution in [0.4, 0.5) is 11.6 Å². The summed E-state index contributed by atoms with van der Waals surface area (Å²) in [5, 5.41) is 11.2. The number of aliphatic hydroxyl groups excluding tert-OH is 1. The maximum absolute atomic E-state index is 13.3. The van der Waals surface area contributed by atoms with Gasteiger partial charge in [0, 0.05) is 4.57 Å². The zero-order chi connectivity index (χ0) is 30.4. The fraction of sp³-hybridized carbons (Fsp3) is 0.500. The number of nitrogen functional groups attached to an aromatic ring is 2. The van der Waals surface area contributed by atoms with Crippen LogP contribution in [0.25, 0.3) is 22.3 Å². The molecule has 8 rings (SSSR count). The molecule has 4 aliphatic heterocycles. The molecule has 19 nitrogen and oxygen atoms in total. The summed E-state index contributed by atoms with van der Waals surface area (Å²) in [6, 6.07) is 0. The van der Waals surface area contributed by atoms with Gasteiger partial charge in [-0.05, 0) is 6.30 Å². The van der Waals surface area contributed by atoms with Crippen molar-refractivity contribution in [2.45, 2.75) is 48.6 Å². The van der Waals surface area contributed by atoms with Crippen LogP contribution in [0.15, 0.2) is 25.3 Å². The lowest BCUT2D eigenvalue weighted by molar-refractivity contribution is -0.182. The van der Waals surface area contributed by atoms with Gasteiger partial charge in [0.05, 0.1) is 25.9 Å². The predicted molar refractivity (Wildman–Crippen MR) is 154 cm³/mol. The van der Waals surface area contributed by atoms with Crippen molar-refractivity contribution in [2.75, 3.05) is 31.3 Å². The van der Waals surface area contributed by atoms with Crippen LogP contribution < -0.4 is 11.5 Å². The van der Waals surface area contributed by atoms with E-state index in [9.17, 15) is 9.67 Å². The number of hydrogen-bond acceptors (Lipinski definition) is 18. The molecule has 2 unspecified atom stereocenters. The van der Waals surface area contributed by atoms with Crippen LogP contribution in [-0.2, 0) is 36.9 Å². The fourth-order valence-electron chi connectivity index (χ4n) is 5.87. The zero-order valence-corrected chi connectivity index (χ0v) is 25.1. The zero-order valence-electron chi connectivity index (χ0n) is 22.5. The Morgan fingerprint density at radius 2 is 1.66 bits per heavy atom. The van der Waals surface area contributed by atoms with Crippen molar-refractivity contribution in [3.05, 3.63) is 25.3 Å². The van der Waals surface area contributed by atoms with E-state index in [2.05, 4.69) is 48.5 Å². The van der Waals surface area contributed by atoms with Crippen molar-refractivity contribution < 1.29 is 42.0 Å². The van der Waals surface area contributed by atoms with Crippen molar-refractivity contribution in [2.24, 2.45) is 0 Å². The summed E-state index contributed by atoms with van der Waals surface area (Å²) in [4.78, 5) is 25.0. The first kappa shape index (κ1) is 28.6. The molecule has 22 heteroatoms. The largest absolute Gasteiger partial charge is 0.698 e. The lowest BCUT2D eigenvalue weighted by Gasteiger charge is -2.31. The Hall–Kier alpha value is -2.87. The maximum Gasteiger partial charge on any atom is 0.698 e. The Labute approximate surface area is 253 Å². The number of nitrogens with zero attached hydrogens (tertiary/aromatic N) is 8. The Bertz CT molecular complexity index is 1850. The van der Waals surface area contributed by atoms with Gasteiger partial charge in [0.1, 0.15) is 54.7 Å². The van der Waals surface area contributed by atoms with Gasteiger partial charge in [0.2, 0.25) is 0 Å². The molecule has 4 aromatic heterocycles. The van der Waals surface area contributed by atoms with Crippen LogP contribution in [0.2, 0.25) is 0 Å². The molecule has 5 N–H and O–H groups in total. The molecule has 4 saturated heterocycles. The van der Waals surface area contributed by atoms with Crippen molar-refractivity contribution in [3.63, 3.8) is 0 Å². The first-order valence-electron chi connectivity index (χ1n) is 13.2. The third kappa shape index (κ3) is 4.45. The summed E-state index contributed by atoms with van der Waals surface area (Å²) < 4.78 is 59.1. The molecule has 0 spiro atoms. The number of aliphatic hydroxyl groups is 1. The second kappa shape index (κ2) is 10.3. The summed E-state index contributed by atoms with van der Waals surface area (Å²) in [6.07, 6.45) is 2.75. The topological polar surface area (TPSA) is 241 Å². The quantitative estimate of drug-likeness (QED) is 0.167. The van der Waals surface area contributed by atoms with Gasteiger partial charge in [-0.25, -0.2) is 29.9 Å². The van der Waals surface area contributed by atoms with E-state index in [1.807, 2.05) is 0 Å². The van der Waals surface area contributed by atoms with Gasteiger partial charge >= 0.3 is 8.25 Å². The number of fused-ring (bicyclic) bond motifs is 4. The van der Waals surface area contributed by atoms with E-state index >= 15 is 0 Å². The van der Waals surface area contributed by atoms with Crippen LogP contribution in [-0.4, -0.2) is 106 Å². The minimum atomic E-state index is -3.17. The van der Waals surface area contributed by atoms with Crippen LogP contribution in [0.1, 0.15) is 12.5 Å². The molecule has 0 amide bonds. The number of rotatable bonds is 2. The Balaban J connectivity index is 1.11. The van der Waals surface area contributed by atoms with E-state index in [1.165, 1.54) is 29.9 Å². The average molecular weight is 668 g/mol. The van der Waals surface area contributed by atoms with Crippen molar-refractivity contribution in [1.82, 2.24) is 39.0 Å². The molecule has 4 aliphatic rings. The second-order valence-corrected chi connectivity index (χ2v) is 15.1. The number of aromatic nitrogens is 8. The van der Waals surface area contributed by atoms with E-state index in [0.717, 1.165) is 0 Å². The Morgan fingerprint density at radius 3 is 2.34 bits per heavy atom. The first-order valence-corrected chi connectivity index (χ1v) is 17.2. The highest BCUT2D eigenvalue weighted by Gasteiger charge is 2.66. The van der Waals surface area contributed by atoms with Crippen molar-refractivity contribution >= 4 is 67.3 Å². The molecule has 0 aromatic carbocycles. The monoisotopic (exact) mass is 667 g/mol. The number of nitrogens with two attached hydrogens (primary N) is 2. The van der Waals surface area contributed by atoms with Crippen LogP contribution >= 0.6 is 27.0 Å². The Kier molecular flexibility index (Phi) is 6.71. The summed E-state index contributed by atoms with van der Waals surface area (Å²) in [7, 11) is -2.84. The van der Waals surface area contributed by atoms with Crippen LogP contribution in [0.5, 0.6) is 0 Å². The number of anilines is 2. The Morgan fingerprint density at radius 1 is 1.00 bits per heavy atom. The van der Waals surface area contributed by atoms with E-state index in [4.69, 9.17) is 43.8 Å². The summed E-state index contributed by atoms with van der Waals surface area (Å²) in [5.74, 6) is 0.358. The summed E-state index contributed by atoms with van der Waals surface area (Å²) in [6.45, 7) is -3.63. The fourth-order valence-corrected chi connectivity index (χ4v) is 8.30. The lowest BCUT2D eigenvalue weighted by atomic mass is 10.0. The van der Waals surface area contributed by atoms with Gasteiger partial charge in [-0.2, -0.15) is 0 Å². The van der Waals surface area contributed by atoms with Gasteiger partial charge < -0.3 is 39.8 Å². The molecule has 4 fully saturated rings. The molecular formula is C22H25N10O9P2S+. The van der Waals surface area contributed by atoms with E-state index in [-0.39, 0.29) is 31.5 Å². The smallest absolute Gasteiger partial charge is 0.387 e. The lowest BCUT2D eigenvalue weighted by Crippen LogP contribution is -2.45. The minimum Gasteiger partial charge on any atom is -0.387 e. The minimum absolute atomic E-state index is 0.0299. The number of hydrogen-bond donors (Lipinski definition) is 4. The van der Waals surface area contributed by atoms with E-state index in [0.29, 0.717) is 22.3 Å². The molecule has 0 aliphatic carbocycles. The second-order valence-electron chi connectivity index (χ2n) is 10.6. The molecule has 0 saturated carbocycles. The van der Waals surface area contributed by atoms with E-state index < -0.39 is 63.4 Å². The number of thiol groups is 1. The van der Waals surface area contributed by atoms with Gasteiger partial charge in [0.25, 0.3) is 0 Å². The van der Waals surface area contributed by atoms with Gasteiger partial charge in [0.15, 0.2) is 53.6 Å². The van der Waals surface area contributed by atoms with Gasteiger partial charge in [-0.1, -0.05) is 12.2 Å². The van der Waals surface area contributed by atoms with Gasteiger partial charge in [-0.15, -0.1) is 9.05 Å². The molecule has 4 aromatic rings. The first-order chi connectivity index (χ1) is 21.1. The molecule has 232 valence electrons. The highest BCUT2D eigenvalue weighted by molar-refractivity contribution is 8.47. The highest BCUT2D eigenvalue weighted by atomic mass is 32.7. The van der Waals surface area contributed by atoms with Crippen LogP contribution in [0, 0.1) is 0 Å². The van der Waals surface area contributed by atoms with Gasteiger partial charge in [-0.3, -0.25) is 9.13 Å². The maximum atomic E-state index is 13.3. The SMILES string of the molecule is C=P1(S)OC[C@H]2O[C@@H](n3cnc4c(N)ncnc43)[C@H](O[P+](=O)OC[C@@]34CO[C@@H]([C@H](n5cnc6c(N)ncnc65)O3)[C@@H]4O1)[C@@H]2O. The average Bonchev–Trinajstić information content (AvgIpc) is 3.80. The molecule has 0 radical (unpaired) electrons. The molecular weight excluding hydrogens is 642 g/mol. The van der Waals surface area contributed by atoms with Crippen LogP contribution in [0.3, 0.4) is 0 Å². The summed E-state index contributed by atoms with van der Waals surface area (Å²) in [5.41, 5.74) is 12.1.